The predicted octanol–water partition coefficient (Wildman–Crippen LogP) is 2.78. The zero-order valence-corrected chi connectivity index (χ0v) is 16.5. The fourth-order valence-corrected chi connectivity index (χ4v) is 3.95. The van der Waals surface area contributed by atoms with E-state index in [1.807, 2.05) is 68.3 Å². The van der Waals surface area contributed by atoms with E-state index in [0.717, 1.165) is 22.5 Å². The number of aryl methyl sites for hydroxylation is 2. The van der Waals surface area contributed by atoms with Crippen LogP contribution in [0.1, 0.15) is 34.4 Å². The highest BCUT2D eigenvalue weighted by molar-refractivity contribution is 5.93. The van der Waals surface area contributed by atoms with Crippen LogP contribution in [0.3, 0.4) is 0 Å². The molecule has 3 aromatic rings. The Labute approximate surface area is 164 Å². The summed E-state index contributed by atoms with van der Waals surface area (Å²) < 4.78 is 3.49. The fraction of sp³-hybridized carbons (Fsp3) is 0.318. The van der Waals surface area contributed by atoms with Gasteiger partial charge in [0, 0.05) is 44.4 Å². The maximum Gasteiger partial charge on any atom is 0.272 e. The number of aromatic nitrogens is 3. The van der Waals surface area contributed by atoms with Gasteiger partial charge < -0.3 is 9.47 Å². The van der Waals surface area contributed by atoms with Crippen LogP contribution in [0, 0.1) is 6.92 Å². The summed E-state index contributed by atoms with van der Waals surface area (Å²) in [6.45, 7) is 5.63. The summed E-state index contributed by atoms with van der Waals surface area (Å²) in [6, 6.07) is 13.5. The Morgan fingerprint density at radius 1 is 1.18 bits per heavy atom. The molecule has 0 aliphatic carbocycles. The van der Waals surface area contributed by atoms with Crippen molar-refractivity contribution in [1.29, 1.82) is 0 Å². The zero-order chi connectivity index (χ0) is 19.8. The van der Waals surface area contributed by atoms with Gasteiger partial charge >= 0.3 is 0 Å². The summed E-state index contributed by atoms with van der Waals surface area (Å²) in [5.41, 5.74) is 5.07. The van der Waals surface area contributed by atoms with E-state index in [-0.39, 0.29) is 11.5 Å². The Morgan fingerprint density at radius 3 is 2.64 bits per heavy atom. The molecule has 0 spiro atoms. The maximum absolute atomic E-state index is 13.1. The number of fused-ring (bicyclic) bond motifs is 1. The van der Waals surface area contributed by atoms with Crippen molar-refractivity contribution in [1.82, 2.24) is 19.2 Å². The monoisotopic (exact) mass is 376 g/mol. The molecule has 0 N–H and O–H groups in total. The number of nitrogens with zero attached hydrogens (tertiary/aromatic N) is 4. The first-order valence-corrected chi connectivity index (χ1v) is 9.60. The lowest BCUT2D eigenvalue weighted by molar-refractivity contribution is 0.0719. The van der Waals surface area contributed by atoms with Gasteiger partial charge in [0.2, 0.25) is 0 Å². The van der Waals surface area contributed by atoms with Crippen molar-refractivity contribution in [2.24, 2.45) is 7.05 Å². The highest BCUT2D eigenvalue weighted by atomic mass is 16.2. The van der Waals surface area contributed by atoms with E-state index < -0.39 is 0 Å². The Kier molecular flexibility index (Phi) is 4.63. The molecule has 0 unspecified atom stereocenters. The van der Waals surface area contributed by atoms with Gasteiger partial charge in [0.1, 0.15) is 5.69 Å². The first-order chi connectivity index (χ1) is 13.5. The highest BCUT2D eigenvalue weighted by Gasteiger charge is 2.26. The van der Waals surface area contributed by atoms with Crippen LogP contribution in [0.4, 0.5) is 0 Å². The van der Waals surface area contributed by atoms with E-state index in [9.17, 15) is 9.59 Å². The van der Waals surface area contributed by atoms with Crippen LogP contribution in [0.15, 0.2) is 47.3 Å². The van der Waals surface area contributed by atoms with E-state index in [2.05, 4.69) is 5.10 Å². The lowest BCUT2D eigenvalue weighted by atomic mass is 9.99. The average molecular weight is 376 g/mol. The largest absolute Gasteiger partial charge is 0.333 e. The molecule has 0 bridgehead atoms. The van der Waals surface area contributed by atoms with Gasteiger partial charge in [-0.25, -0.2) is 0 Å². The smallest absolute Gasteiger partial charge is 0.272 e. The molecule has 6 heteroatoms. The van der Waals surface area contributed by atoms with Crippen LogP contribution in [-0.2, 0) is 26.6 Å². The van der Waals surface area contributed by atoms with Crippen molar-refractivity contribution < 1.29 is 4.79 Å². The Balaban J connectivity index is 1.71. The number of hydrogen-bond donors (Lipinski definition) is 0. The quantitative estimate of drug-likeness (QED) is 0.706. The molecule has 0 atom stereocenters. The van der Waals surface area contributed by atoms with Crippen LogP contribution < -0.4 is 5.56 Å². The maximum atomic E-state index is 13.1. The van der Waals surface area contributed by atoms with Crippen molar-refractivity contribution in [3.63, 3.8) is 0 Å². The molecule has 0 fully saturated rings. The third kappa shape index (κ3) is 3.05. The second kappa shape index (κ2) is 7.11. The Bertz CT molecular complexity index is 1100. The average Bonchev–Trinajstić information content (AvgIpc) is 3.11. The molecule has 2 aromatic heterocycles. The zero-order valence-electron chi connectivity index (χ0n) is 16.5. The summed E-state index contributed by atoms with van der Waals surface area (Å²) in [5, 5.41) is 4.39. The molecule has 1 aromatic carbocycles. The van der Waals surface area contributed by atoms with Crippen LogP contribution in [0.5, 0.6) is 0 Å². The van der Waals surface area contributed by atoms with Crippen LogP contribution in [0.2, 0.25) is 0 Å². The molecule has 1 aliphatic heterocycles. The third-order valence-electron chi connectivity index (χ3n) is 5.40. The lowest BCUT2D eigenvalue weighted by Gasteiger charge is -2.30. The summed E-state index contributed by atoms with van der Waals surface area (Å²) in [5.74, 6) is -0.0109. The molecule has 3 heterocycles. The van der Waals surface area contributed by atoms with Gasteiger partial charge in [-0.3, -0.25) is 14.3 Å². The van der Waals surface area contributed by atoms with Crippen molar-refractivity contribution >= 4 is 5.91 Å². The number of amides is 1. The molecule has 1 amide bonds. The predicted molar refractivity (Wildman–Crippen MR) is 108 cm³/mol. The summed E-state index contributed by atoms with van der Waals surface area (Å²) >= 11 is 0. The molecule has 0 saturated carbocycles. The Hall–Kier alpha value is -3.15. The van der Waals surface area contributed by atoms with E-state index in [1.165, 1.54) is 0 Å². The van der Waals surface area contributed by atoms with Gasteiger partial charge in [-0.2, -0.15) is 5.10 Å². The van der Waals surface area contributed by atoms with Gasteiger partial charge in [-0.15, -0.1) is 0 Å². The van der Waals surface area contributed by atoms with Crippen molar-refractivity contribution in [2.45, 2.75) is 33.4 Å². The van der Waals surface area contributed by atoms with Gasteiger partial charge in [0.05, 0.1) is 5.69 Å². The molecular formula is C22H24N4O2. The normalized spacial score (nSPS) is 13.5. The second-order valence-electron chi connectivity index (χ2n) is 7.22. The molecule has 144 valence electrons. The van der Waals surface area contributed by atoms with Gasteiger partial charge in [0.25, 0.3) is 11.5 Å². The van der Waals surface area contributed by atoms with Crippen LogP contribution in [0.25, 0.3) is 11.1 Å². The first kappa shape index (κ1) is 18.2. The molecule has 1 aliphatic rings. The van der Waals surface area contributed by atoms with Crippen molar-refractivity contribution in [2.75, 3.05) is 6.54 Å². The standard InChI is InChI=1S/C22H24N4O2/c1-4-26-20(12-15(2)23-26)22(28)25-11-10-19-17(14-25)13-18(21(27)24(19)3)16-8-6-5-7-9-16/h5-9,12-13H,4,10-11,14H2,1-3H3. The van der Waals surface area contributed by atoms with E-state index >= 15 is 0 Å². The lowest BCUT2D eigenvalue weighted by Crippen LogP contribution is -2.39. The number of carbonyl (C=O) groups is 1. The SMILES string of the molecule is CCn1nc(C)cc1C(=O)N1CCc2c(cc(-c3ccccc3)c(=O)n2C)C1. The fourth-order valence-electron chi connectivity index (χ4n) is 3.95. The number of hydrogen-bond acceptors (Lipinski definition) is 3. The molecule has 6 nitrogen and oxygen atoms in total. The topological polar surface area (TPSA) is 60.1 Å². The minimum absolute atomic E-state index is 0.00408. The van der Waals surface area contributed by atoms with Crippen LogP contribution >= 0.6 is 0 Å². The van der Waals surface area contributed by atoms with Crippen LogP contribution in [-0.4, -0.2) is 31.7 Å². The number of rotatable bonds is 3. The molecular weight excluding hydrogens is 352 g/mol. The van der Waals surface area contributed by atoms with E-state index in [1.54, 1.807) is 9.25 Å². The highest BCUT2D eigenvalue weighted by Crippen LogP contribution is 2.24. The molecule has 4 rings (SSSR count). The van der Waals surface area contributed by atoms with Crippen molar-refractivity contribution in [3.8, 4) is 11.1 Å². The van der Waals surface area contributed by atoms with E-state index in [0.29, 0.717) is 37.3 Å². The third-order valence-corrected chi connectivity index (χ3v) is 5.40. The van der Waals surface area contributed by atoms with Gasteiger partial charge in [0.15, 0.2) is 0 Å². The number of pyridine rings is 1. The van der Waals surface area contributed by atoms with Gasteiger partial charge in [-0.05, 0) is 37.1 Å². The second-order valence-corrected chi connectivity index (χ2v) is 7.22. The number of benzene rings is 1. The molecule has 0 radical (unpaired) electrons. The minimum atomic E-state index is -0.0109. The Morgan fingerprint density at radius 2 is 1.93 bits per heavy atom. The summed E-state index contributed by atoms with van der Waals surface area (Å²) in [7, 11) is 1.82. The first-order valence-electron chi connectivity index (χ1n) is 9.60. The molecule has 28 heavy (non-hydrogen) atoms. The van der Waals surface area contributed by atoms with Gasteiger partial charge in [-0.1, -0.05) is 30.3 Å². The summed E-state index contributed by atoms with van der Waals surface area (Å²) in [4.78, 5) is 27.8. The molecule has 0 saturated heterocycles. The number of carbonyl (C=O) groups excluding carboxylic acids is 1. The van der Waals surface area contributed by atoms with E-state index in [4.69, 9.17) is 0 Å². The van der Waals surface area contributed by atoms with Crippen molar-refractivity contribution in [3.05, 3.63) is 75.5 Å². The minimum Gasteiger partial charge on any atom is -0.333 e. The summed E-state index contributed by atoms with van der Waals surface area (Å²) in [6.07, 6.45) is 0.668.